The Labute approximate surface area is 105 Å². The predicted octanol–water partition coefficient (Wildman–Crippen LogP) is 2.46. The molecule has 1 aromatic rings. The van der Waals surface area contributed by atoms with Crippen molar-refractivity contribution in [3.05, 3.63) is 10.7 Å². The number of sulfonamides is 1. The summed E-state index contributed by atoms with van der Waals surface area (Å²) in [6, 6.07) is 0. The molecule has 0 radical (unpaired) electrons. The van der Waals surface area contributed by atoms with Gasteiger partial charge in [0.1, 0.15) is 0 Å². The minimum atomic E-state index is -3.42. The van der Waals surface area contributed by atoms with E-state index >= 15 is 0 Å². The highest BCUT2D eigenvalue weighted by Gasteiger charge is 2.25. The van der Waals surface area contributed by atoms with E-state index in [1.165, 1.54) is 10.5 Å². The fraction of sp³-hybridized carbons (Fsp3) is 0.667. The lowest BCUT2D eigenvalue weighted by Crippen LogP contribution is -2.33. The van der Waals surface area contributed by atoms with Crippen LogP contribution < -0.4 is 0 Å². The first-order valence-electron chi connectivity index (χ1n) is 4.99. The molecule has 1 aromatic heterocycles. The van der Waals surface area contributed by atoms with Gasteiger partial charge < -0.3 is 0 Å². The Morgan fingerprint density at radius 1 is 1.56 bits per heavy atom. The first kappa shape index (κ1) is 13.9. The van der Waals surface area contributed by atoms with Gasteiger partial charge in [-0.15, -0.1) is 0 Å². The van der Waals surface area contributed by atoms with Gasteiger partial charge in [0.25, 0.3) is 10.0 Å². The van der Waals surface area contributed by atoms with E-state index in [0.717, 1.165) is 11.3 Å². The Bertz CT molecular complexity index is 442. The molecule has 4 nitrogen and oxygen atoms in total. The summed E-state index contributed by atoms with van der Waals surface area (Å²) >= 11 is 6.63. The summed E-state index contributed by atoms with van der Waals surface area (Å²) in [6.07, 6.45) is 1.31. The van der Waals surface area contributed by atoms with Gasteiger partial charge in [-0.25, -0.2) is 13.4 Å². The second-order valence-electron chi connectivity index (χ2n) is 3.78. The monoisotopic (exact) mass is 282 g/mol. The van der Waals surface area contributed by atoms with Gasteiger partial charge in [-0.3, -0.25) is 0 Å². The Kier molecular flexibility index (Phi) is 4.73. The zero-order valence-electron chi connectivity index (χ0n) is 9.47. The number of halogens is 1. The maximum absolute atomic E-state index is 12.1. The maximum atomic E-state index is 12.1. The molecule has 1 rings (SSSR count). The third-order valence-electron chi connectivity index (χ3n) is 1.97. The average molecular weight is 283 g/mol. The van der Waals surface area contributed by atoms with Crippen LogP contribution in [0.2, 0.25) is 4.47 Å². The van der Waals surface area contributed by atoms with Crippen molar-refractivity contribution < 1.29 is 8.42 Å². The summed E-state index contributed by atoms with van der Waals surface area (Å²) in [4.78, 5) is 3.76. The van der Waals surface area contributed by atoms with Crippen LogP contribution in [0.1, 0.15) is 20.8 Å². The molecule has 0 amide bonds. The molecule has 0 bridgehead atoms. The molecule has 0 aliphatic heterocycles. The second kappa shape index (κ2) is 5.44. The molecule has 1 heterocycles. The highest BCUT2D eigenvalue weighted by atomic mass is 35.5. The lowest BCUT2D eigenvalue weighted by molar-refractivity contribution is 0.382. The number of hydrogen-bond donors (Lipinski definition) is 0. The number of aromatic nitrogens is 1. The molecule has 0 saturated heterocycles. The van der Waals surface area contributed by atoms with Gasteiger partial charge in [0.05, 0.1) is 6.20 Å². The predicted molar refractivity (Wildman–Crippen MR) is 66.4 cm³/mol. The lowest BCUT2D eigenvalue weighted by atomic mass is 10.2. The third-order valence-corrected chi connectivity index (χ3v) is 5.46. The average Bonchev–Trinajstić information content (AvgIpc) is 2.61. The van der Waals surface area contributed by atoms with E-state index in [-0.39, 0.29) is 14.6 Å². The summed E-state index contributed by atoms with van der Waals surface area (Å²) in [6.45, 7) is 6.75. The summed E-state index contributed by atoms with van der Waals surface area (Å²) in [5.41, 5.74) is 0. The number of rotatable bonds is 5. The van der Waals surface area contributed by atoms with Crippen LogP contribution in [0, 0.1) is 5.92 Å². The smallest absolute Gasteiger partial charge is 0.232 e. The van der Waals surface area contributed by atoms with Crippen molar-refractivity contribution >= 4 is 33.0 Å². The number of nitrogens with zero attached hydrogens (tertiary/aromatic N) is 2. The zero-order valence-corrected chi connectivity index (χ0v) is 11.9. The Morgan fingerprint density at radius 2 is 2.19 bits per heavy atom. The van der Waals surface area contributed by atoms with Gasteiger partial charge in [-0.1, -0.05) is 43.7 Å². The van der Waals surface area contributed by atoms with Gasteiger partial charge in [-0.2, -0.15) is 4.31 Å². The van der Waals surface area contributed by atoms with Crippen LogP contribution in [0.15, 0.2) is 10.4 Å². The van der Waals surface area contributed by atoms with Crippen LogP contribution in [0.3, 0.4) is 0 Å². The van der Waals surface area contributed by atoms with Crippen LogP contribution in [-0.2, 0) is 10.0 Å². The molecular formula is C9H15ClN2O2S2. The molecular weight excluding hydrogens is 268 g/mol. The quantitative estimate of drug-likeness (QED) is 0.834. The van der Waals surface area contributed by atoms with Gasteiger partial charge in [0.2, 0.25) is 0 Å². The van der Waals surface area contributed by atoms with Crippen LogP contribution in [0.25, 0.3) is 0 Å². The van der Waals surface area contributed by atoms with Crippen molar-refractivity contribution in [1.82, 2.24) is 9.29 Å². The molecule has 0 aliphatic rings. The van der Waals surface area contributed by atoms with E-state index in [2.05, 4.69) is 4.98 Å². The van der Waals surface area contributed by atoms with E-state index in [1.54, 1.807) is 0 Å². The van der Waals surface area contributed by atoms with Crippen LogP contribution in [0.4, 0.5) is 0 Å². The van der Waals surface area contributed by atoms with Crippen molar-refractivity contribution in [1.29, 1.82) is 0 Å². The van der Waals surface area contributed by atoms with E-state index in [9.17, 15) is 8.42 Å². The standard InChI is InChI=1S/C9H15ClN2O2S2/c1-4-12(6-7(2)3)16(13,14)8-5-11-9(10)15-8/h5,7H,4,6H2,1-3H3. The van der Waals surface area contributed by atoms with E-state index in [4.69, 9.17) is 11.6 Å². The van der Waals surface area contributed by atoms with E-state index in [1.807, 2.05) is 20.8 Å². The Balaban J connectivity index is 2.99. The number of thiazole rings is 1. The topological polar surface area (TPSA) is 50.3 Å². The third kappa shape index (κ3) is 3.16. The summed E-state index contributed by atoms with van der Waals surface area (Å²) in [5, 5.41) is 0. The molecule has 0 aliphatic carbocycles. The highest BCUT2D eigenvalue weighted by molar-refractivity contribution is 7.91. The van der Waals surface area contributed by atoms with Crippen LogP contribution in [0.5, 0.6) is 0 Å². The van der Waals surface area contributed by atoms with Gasteiger partial charge in [-0.05, 0) is 5.92 Å². The first-order chi connectivity index (χ1) is 7.37. The van der Waals surface area contributed by atoms with Crippen LogP contribution in [-0.4, -0.2) is 30.8 Å². The number of hydrogen-bond acceptors (Lipinski definition) is 4. The molecule has 0 aromatic carbocycles. The van der Waals surface area contributed by atoms with Crippen molar-refractivity contribution in [2.24, 2.45) is 5.92 Å². The van der Waals surface area contributed by atoms with Gasteiger partial charge >= 0.3 is 0 Å². The minimum absolute atomic E-state index is 0.208. The zero-order chi connectivity index (χ0) is 12.3. The normalized spacial score (nSPS) is 12.6. The summed E-state index contributed by atoms with van der Waals surface area (Å²) in [7, 11) is -3.42. The molecule has 0 saturated carbocycles. The van der Waals surface area contributed by atoms with Crippen molar-refractivity contribution in [3.8, 4) is 0 Å². The fourth-order valence-corrected chi connectivity index (χ4v) is 4.35. The Hall–Kier alpha value is -0.170. The molecule has 0 atom stereocenters. The summed E-state index contributed by atoms with van der Waals surface area (Å²) < 4.78 is 26.2. The van der Waals surface area contributed by atoms with E-state index < -0.39 is 10.0 Å². The lowest BCUT2D eigenvalue weighted by Gasteiger charge is -2.21. The Morgan fingerprint density at radius 3 is 2.56 bits per heavy atom. The molecule has 0 N–H and O–H groups in total. The highest BCUT2D eigenvalue weighted by Crippen LogP contribution is 2.25. The molecule has 16 heavy (non-hydrogen) atoms. The minimum Gasteiger partial charge on any atom is -0.232 e. The van der Waals surface area contributed by atoms with E-state index in [0.29, 0.717) is 13.1 Å². The van der Waals surface area contributed by atoms with Gasteiger partial charge in [0, 0.05) is 13.1 Å². The molecule has 7 heteroatoms. The van der Waals surface area contributed by atoms with Crippen molar-refractivity contribution in [2.45, 2.75) is 25.0 Å². The SMILES string of the molecule is CCN(CC(C)C)S(=O)(=O)c1cnc(Cl)s1. The maximum Gasteiger partial charge on any atom is 0.254 e. The fourth-order valence-electron chi connectivity index (χ4n) is 1.29. The van der Waals surface area contributed by atoms with Crippen LogP contribution >= 0.6 is 22.9 Å². The van der Waals surface area contributed by atoms with Gasteiger partial charge in [0.15, 0.2) is 8.68 Å². The second-order valence-corrected chi connectivity index (χ2v) is 7.56. The molecule has 92 valence electrons. The summed E-state index contributed by atoms with van der Waals surface area (Å²) in [5.74, 6) is 0.290. The first-order valence-corrected chi connectivity index (χ1v) is 7.62. The molecule has 0 spiro atoms. The molecule has 0 unspecified atom stereocenters. The van der Waals surface area contributed by atoms with Crippen molar-refractivity contribution in [3.63, 3.8) is 0 Å². The molecule has 0 fully saturated rings. The van der Waals surface area contributed by atoms with Crippen molar-refractivity contribution in [2.75, 3.05) is 13.1 Å². The largest absolute Gasteiger partial charge is 0.254 e.